The minimum Gasteiger partial charge on any atom is -0.390 e. The molecular formula is C26H44O2. The maximum atomic E-state index is 11.0. The third-order valence-corrected chi connectivity index (χ3v) is 11.0. The number of hydrogen-bond acceptors (Lipinski definition) is 2. The Morgan fingerprint density at radius 3 is 2.46 bits per heavy atom. The summed E-state index contributed by atoms with van der Waals surface area (Å²) in [6.45, 7) is 9.81. The van der Waals surface area contributed by atoms with Crippen molar-refractivity contribution in [2.45, 2.75) is 110 Å². The van der Waals surface area contributed by atoms with E-state index in [0.29, 0.717) is 16.7 Å². The van der Waals surface area contributed by atoms with E-state index in [9.17, 15) is 9.90 Å². The van der Waals surface area contributed by atoms with Crippen molar-refractivity contribution in [2.75, 3.05) is 0 Å². The number of fused-ring (bicyclic) bond motifs is 5. The molecule has 2 heteroatoms. The van der Waals surface area contributed by atoms with Crippen molar-refractivity contribution in [1.82, 2.24) is 0 Å². The Kier molecular flexibility index (Phi) is 5.52. The van der Waals surface area contributed by atoms with Crippen molar-refractivity contribution in [3.8, 4) is 0 Å². The van der Waals surface area contributed by atoms with Gasteiger partial charge >= 0.3 is 0 Å². The molecule has 0 amide bonds. The highest BCUT2D eigenvalue weighted by Gasteiger charge is 2.61. The molecule has 0 aromatic rings. The lowest BCUT2D eigenvalue weighted by atomic mass is 9.43. The van der Waals surface area contributed by atoms with E-state index < -0.39 is 0 Å². The van der Waals surface area contributed by atoms with Crippen molar-refractivity contribution in [1.29, 1.82) is 0 Å². The largest absolute Gasteiger partial charge is 0.390 e. The minimum absolute atomic E-state index is 0.382. The molecule has 0 heterocycles. The van der Waals surface area contributed by atoms with Crippen LogP contribution in [0.3, 0.4) is 0 Å². The van der Waals surface area contributed by atoms with Gasteiger partial charge in [-0.15, -0.1) is 0 Å². The molecule has 2 nitrogen and oxygen atoms in total. The minimum atomic E-state index is -0.382. The topological polar surface area (TPSA) is 37.3 Å². The molecule has 4 aliphatic carbocycles. The molecule has 0 aliphatic heterocycles. The number of rotatable bonds is 5. The molecule has 160 valence electrons. The van der Waals surface area contributed by atoms with E-state index >= 15 is 0 Å². The maximum absolute atomic E-state index is 11.0. The molecule has 0 spiro atoms. The van der Waals surface area contributed by atoms with Gasteiger partial charge in [-0.2, -0.15) is 0 Å². The van der Waals surface area contributed by atoms with Crippen molar-refractivity contribution in [2.24, 2.45) is 46.3 Å². The molecule has 1 unspecified atom stereocenters. The molecule has 4 aliphatic rings. The molecule has 4 fully saturated rings. The van der Waals surface area contributed by atoms with Crippen LogP contribution in [-0.2, 0) is 4.79 Å². The van der Waals surface area contributed by atoms with Gasteiger partial charge in [0.1, 0.15) is 6.29 Å². The smallest absolute Gasteiger partial charge is 0.120 e. The lowest BCUT2D eigenvalue weighted by Crippen LogP contribution is -2.56. The van der Waals surface area contributed by atoms with Crippen molar-refractivity contribution in [3.05, 3.63) is 0 Å². The Morgan fingerprint density at radius 2 is 1.75 bits per heavy atom. The molecule has 9 atom stereocenters. The Bertz CT molecular complexity index is 587. The lowest BCUT2D eigenvalue weighted by molar-refractivity contribution is -0.152. The first kappa shape index (κ1) is 20.9. The average Bonchev–Trinajstić information content (AvgIpc) is 3.04. The second-order valence-electron chi connectivity index (χ2n) is 11.9. The second-order valence-corrected chi connectivity index (χ2v) is 11.9. The normalized spacial score (nSPS) is 51.7. The second kappa shape index (κ2) is 7.40. The van der Waals surface area contributed by atoms with E-state index in [1.165, 1.54) is 44.9 Å². The van der Waals surface area contributed by atoms with Crippen molar-refractivity contribution in [3.63, 3.8) is 0 Å². The average molecular weight is 389 g/mol. The van der Waals surface area contributed by atoms with Gasteiger partial charge in [0.15, 0.2) is 0 Å². The van der Waals surface area contributed by atoms with Gasteiger partial charge in [0.05, 0.1) is 5.60 Å². The van der Waals surface area contributed by atoms with E-state index in [2.05, 4.69) is 27.7 Å². The molecule has 4 rings (SSSR count). The predicted octanol–water partition coefficient (Wildman–Crippen LogP) is 6.40. The number of aldehydes is 1. The van der Waals surface area contributed by atoms with Crippen LogP contribution in [0.25, 0.3) is 0 Å². The van der Waals surface area contributed by atoms with Gasteiger partial charge in [-0.25, -0.2) is 0 Å². The van der Waals surface area contributed by atoms with Crippen molar-refractivity contribution >= 4 is 6.29 Å². The number of carbonyl (C=O) groups excluding carboxylic acids is 1. The first-order chi connectivity index (χ1) is 13.3. The van der Waals surface area contributed by atoms with E-state index in [1.807, 2.05) is 0 Å². The highest BCUT2D eigenvalue weighted by Crippen LogP contribution is 2.69. The standard InChI is InChI=1S/C26H44O2/c1-5-26(28)15-14-24(3)19(17-26)8-9-20-22-11-10-21(18(2)7-6-16-27)25(22,4)13-12-23(20)24/h16,18-23,28H,5-15,17H2,1-4H3/t18-,19?,20+,21-,22+,23+,24+,25-,26+/m1/s1. The van der Waals surface area contributed by atoms with E-state index in [4.69, 9.17) is 0 Å². The van der Waals surface area contributed by atoms with Crippen LogP contribution < -0.4 is 0 Å². The Balaban J connectivity index is 1.52. The molecule has 4 saturated carbocycles. The molecular weight excluding hydrogens is 344 g/mol. The van der Waals surface area contributed by atoms with Gasteiger partial charge in [0, 0.05) is 6.42 Å². The number of carbonyl (C=O) groups is 1. The molecule has 0 aromatic carbocycles. The highest BCUT2D eigenvalue weighted by atomic mass is 16.3. The van der Waals surface area contributed by atoms with Gasteiger partial charge in [0.25, 0.3) is 0 Å². The summed E-state index contributed by atoms with van der Waals surface area (Å²) in [4.78, 5) is 10.9. The van der Waals surface area contributed by atoms with Gasteiger partial charge < -0.3 is 9.90 Å². The fourth-order valence-corrected chi connectivity index (χ4v) is 9.15. The third-order valence-electron chi connectivity index (χ3n) is 11.0. The summed E-state index contributed by atoms with van der Waals surface area (Å²) in [7, 11) is 0. The lowest BCUT2D eigenvalue weighted by Gasteiger charge is -2.62. The summed E-state index contributed by atoms with van der Waals surface area (Å²) < 4.78 is 0. The van der Waals surface area contributed by atoms with Crippen LogP contribution in [0.2, 0.25) is 0 Å². The van der Waals surface area contributed by atoms with E-state index in [-0.39, 0.29) is 5.60 Å². The van der Waals surface area contributed by atoms with Crippen molar-refractivity contribution < 1.29 is 9.90 Å². The highest BCUT2D eigenvalue weighted by molar-refractivity contribution is 5.49. The Labute approximate surface area is 173 Å². The van der Waals surface area contributed by atoms with Crippen LogP contribution in [0, 0.1) is 46.3 Å². The molecule has 0 bridgehead atoms. The molecule has 28 heavy (non-hydrogen) atoms. The maximum Gasteiger partial charge on any atom is 0.120 e. The summed E-state index contributed by atoms with van der Waals surface area (Å²) in [5.74, 6) is 4.95. The summed E-state index contributed by atoms with van der Waals surface area (Å²) >= 11 is 0. The van der Waals surface area contributed by atoms with Gasteiger partial charge in [-0.3, -0.25) is 0 Å². The quantitative estimate of drug-likeness (QED) is 0.553. The zero-order chi connectivity index (χ0) is 20.2. The summed E-state index contributed by atoms with van der Waals surface area (Å²) in [5.41, 5.74) is 0.588. The van der Waals surface area contributed by atoms with Crippen LogP contribution in [0.15, 0.2) is 0 Å². The summed E-state index contributed by atoms with van der Waals surface area (Å²) in [6.07, 6.45) is 15.5. The van der Waals surface area contributed by atoms with Gasteiger partial charge in [-0.05, 0) is 117 Å². The summed E-state index contributed by atoms with van der Waals surface area (Å²) in [5, 5.41) is 11.0. The van der Waals surface area contributed by atoms with Crippen LogP contribution in [0.1, 0.15) is 105 Å². The van der Waals surface area contributed by atoms with Crippen LogP contribution in [0.4, 0.5) is 0 Å². The number of aliphatic hydroxyl groups is 1. The predicted molar refractivity (Wildman–Crippen MR) is 115 cm³/mol. The fraction of sp³-hybridized carbons (Fsp3) is 0.962. The van der Waals surface area contributed by atoms with E-state index in [1.54, 1.807) is 0 Å². The van der Waals surface area contributed by atoms with E-state index in [0.717, 1.165) is 68.0 Å². The zero-order valence-corrected chi connectivity index (χ0v) is 18.9. The Hall–Kier alpha value is -0.370. The van der Waals surface area contributed by atoms with Crippen LogP contribution in [-0.4, -0.2) is 17.0 Å². The fourth-order valence-electron chi connectivity index (χ4n) is 9.15. The first-order valence-corrected chi connectivity index (χ1v) is 12.4. The molecule has 0 aromatic heterocycles. The van der Waals surface area contributed by atoms with Crippen LogP contribution >= 0.6 is 0 Å². The monoisotopic (exact) mass is 388 g/mol. The first-order valence-electron chi connectivity index (χ1n) is 12.4. The molecule has 0 saturated heterocycles. The van der Waals surface area contributed by atoms with Crippen LogP contribution in [0.5, 0.6) is 0 Å². The molecule has 0 radical (unpaired) electrons. The Morgan fingerprint density at radius 1 is 1.00 bits per heavy atom. The van der Waals surface area contributed by atoms with Gasteiger partial charge in [-0.1, -0.05) is 27.7 Å². The summed E-state index contributed by atoms with van der Waals surface area (Å²) in [6, 6.07) is 0. The zero-order valence-electron chi connectivity index (χ0n) is 18.9. The van der Waals surface area contributed by atoms with Gasteiger partial charge in [0.2, 0.25) is 0 Å². The molecule has 1 N–H and O–H groups in total. The SMILES string of the molecule is CC[C@]1(O)CC[C@@]2(C)C(CC[C@H]3[C@@H]4CC[C@H]([C@H](C)CCC=O)[C@@]4(C)CC[C@@H]32)C1. The third kappa shape index (κ3) is 3.12. The number of hydrogen-bond donors (Lipinski definition) is 1.